The third-order valence-corrected chi connectivity index (χ3v) is 4.43. The van der Waals surface area contributed by atoms with Crippen LogP contribution in [0.1, 0.15) is 27.2 Å². The molecule has 0 spiro atoms. The van der Waals surface area contributed by atoms with E-state index in [0.717, 1.165) is 25.2 Å². The van der Waals surface area contributed by atoms with Crippen LogP contribution in [0, 0.1) is 5.92 Å². The Labute approximate surface area is 125 Å². The zero-order valence-corrected chi connectivity index (χ0v) is 12.9. The van der Waals surface area contributed by atoms with Crippen LogP contribution in [-0.2, 0) is 0 Å². The van der Waals surface area contributed by atoms with Crippen LogP contribution in [0.4, 0.5) is 14.5 Å². The van der Waals surface area contributed by atoms with Crippen molar-refractivity contribution in [1.82, 2.24) is 5.32 Å². The normalized spacial score (nSPS) is 26.2. The van der Waals surface area contributed by atoms with Crippen molar-refractivity contribution in [3.8, 4) is 5.75 Å². The summed E-state index contributed by atoms with van der Waals surface area (Å²) in [5, 5.41) is 3.54. The number of alkyl halides is 2. The molecule has 1 fully saturated rings. The van der Waals surface area contributed by atoms with Crippen molar-refractivity contribution in [2.24, 2.45) is 5.92 Å². The average molecular weight is 298 g/mol. The highest BCUT2D eigenvalue weighted by Gasteiger charge is 2.31. The van der Waals surface area contributed by atoms with Crippen molar-refractivity contribution >= 4 is 5.69 Å². The highest BCUT2D eigenvalue weighted by molar-refractivity contribution is 5.50. The first-order valence-electron chi connectivity index (χ1n) is 7.57. The molecule has 0 aromatic heterocycles. The van der Waals surface area contributed by atoms with Gasteiger partial charge < -0.3 is 15.0 Å². The first-order chi connectivity index (χ1) is 10.0. The molecule has 0 radical (unpaired) electrons. The number of rotatable bonds is 5. The summed E-state index contributed by atoms with van der Waals surface area (Å²) in [5.41, 5.74) is 1.06. The lowest BCUT2D eigenvalue weighted by molar-refractivity contribution is -0.0498. The molecular formula is C16H24F2N2O. The number of piperidine rings is 1. The van der Waals surface area contributed by atoms with Gasteiger partial charge in [-0.3, -0.25) is 0 Å². The maximum atomic E-state index is 12.2. The Morgan fingerprint density at radius 2 is 1.95 bits per heavy atom. The van der Waals surface area contributed by atoms with Gasteiger partial charge in [0.2, 0.25) is 0 Å². The second-order valence-electron chi connectivity index (χ2n) is 5.62. The number of halogens is 2. The van der Waals surface area contributed by atoms with Gasteiger partial charge in [0.05, 0.1) is 0 Å². The standard InChI is InChI=1S/C16H24F2N2O/c1-4-19-15-9-10-20(12(3)11(15)2)13-5-7-14(8-6-13)21-16(17)18/h5-8,11-12,15-16,19H,4,9-10H2,1-3H3. The van der Waals surface area contributed by atoms with E-state index in [1.165, 1.54) is 0 Å². The van der Waals surface area contributed by atoms with Crippen molar-refractivity contribution in [3.05, 3.63) is 24.3 Å². The molecule has 1 aliphatic heterocycles. The summed E-state index contributed by atoms with van der Waals surface area (Å²) in [6, 6.07) is 7.88. The van der Waals surface area contributed by atoms with Gasteiger partial charge in [-0.05, 0) is 50.1 Å². The lowest BCUT2D eigenvalue weighted by atomic mass is 9.86. The lowest BCUT2D eigenvalue weighted by Gasteiger charge is -2.44. The molecule has 1 N–H and O–H groups in total. The Hall–Kier alpha value is -1.36. The number of nitrogens with zero attached hydrogens (tertiary/aromatic N) is 1. The number of nitrogens with one attached hydrogen (secondary N) is 1. The van der Waals surface area contributed by atoms with Gasteiger partial charge in [0.25, 0.3) is 0 Å². The smallest absolute Gasteiger partial charge is 0.387 e. The molecule has 1 aromatic carbocycles. The molecule has 0 amide bonds. The van der Waals surface area contributed by atoms with E-state index in [4.69, 9.17) is 0 Å². The molecule has 0 aliphatic carbocycles. The second kappa shape index (κ2) is 7.07. The van der Waals surface area contributed by atoms with Crippen molar-refractivity contribution in [2.75, 3.05) is 18.0 Å². The predicted molar refractivity (Wildman–Crippen MR) is 81.1 cm³/mol. The first kappa shape index (κ1) is 16.0. The van der Waals surface area contributed by atoms with Crippen molar-refractivity contribution < 1.29 is 13.5 Å². The van der Waals surface area contributed by atoms with Gasteiger partial charge >= 0.3 is 6.61 Å². The van der Waals surface area contributed by atoms with Crippen LogP contribution in [0.2, 0.25) is 0 Å². The molecule has 0 bridgehead atoms. The summed E-state index contributed by atoms with van der Waals surface area (Å²) in [5.74, 6) is 0.743. The topological polar surface area (TPSA) is 24.5 Å². The molecule has 3 nitrogen and oxygen atoms in total. The number of ether oxygens (including phenoxy) is 1. The van der Waals surface area contributed by atoms with Crippen molar-refractivity contribution in [2.45, 2.75) is 45.9 Å². The number of benzene rings is 1. The minimum atomic E-state index is -2.77. The highest BCUT2D eigenvalue weighted by Crippen LogP contribution is 2.30. The fraction of sp³-hybridized carbons (Fsp3) is 0.625. The van der Waals surface area contributed by atoms with Crippen molar-refractivity contribution in [1.29, 1.82) is 0 Å². The van der Waals surface area contributed by atoms with E-state index in [9.17, 15) is 8.78 Å². The van der Waals surface area contributed by atoms with Crippen LogP contribution < -0.4 is 15.0 Å². The summed E-state index contributed by atoms with van der Waals surface area (Å²) < 4.78 is 28.7. The van der Waals surface area contributed by atoms with Crippen LogP contribution in [0.3, 0.4) is 0 Å². The largest absolute Gasteiger partial charge is 0.435 e. The molecule has 1 aromatic rings. The predicted octanol–water partition coefficient (Wildman–Crippen LogP) is 3.50. The first-order valence-corrected chi connectivity index (χ1v) is 7.57. The van der Waals surface area contributed by atoms with E-state index in [0.29, 0.717) is 18.0 Å². The van der Waals surface area contributed by atoms with E-state index < -0.39 is 6.61 Å². The maximum absolute atomic E-state index is 12.2. The Bertz CT molecular complexity index is 438. The Morgan fingerprint density at radius 3 is 2.52 bits per heavy atom. The number of hydrogen-bond donors (Lipinski definition) is 1. The zero-order chi connectivity index (χ0) is 15.4. The summed E-state index contributed by atoms with van der Waals surface area (Å²) >= 11 is 0. The van der Waals surface area contributed by atoms with E-state index in [2.05, 4.69) is 35.7 Å². The van der Waals surface area contributed by atoms with Gasteiger partial charge in [0.15, 0.2) is 0 Å². The van der Waals surface area contributed by atoms with E-state index in [1.54, 1.807) is 12.1 Å². The molecule has 2 rings (SSSR count). The second-order valence-corrected chi connectivity index (χ2v) is 5.62. The molecule has 3 atom stereocenters. The van der Waals surface area contributed by atoms with E-state index in [-0.39, 0.29) is 5.75 Å². The molecule has 0 saturated carbocycles. The fourth-order valence-electron chi connectivity index (χ4n) is 3.10. The van der Waals surface area contributed by atoms with E-state index >= 15 is 0 Å². The summed E-state index contributed by atoms with van der Waals surface area (Å²) in [6.45, 7) is 5.80. The van der Waals surface area contributed by atoms with Gasteiger partial charge in [0.1, 0.15) is 5.75 Å². The molecule has 3 unspecified atom stereocenters. The SMILES string of the molecule is CCNC1CCN(c2ccc(OC(F)F)cc2)C(C)C1C. The molecule has 5 heteroatoms. The average Bonchev–Trinajstić information content (AvgIpc) is 2.45. The van der Waals surface area contributed by atoms with E-state index in [1.807, 2.05) is 12.1 Å². The maximum Gasteiger partial charge on any atom is 0.387 e. The number of hydrogen-bond acceptors (Lipinski definition) is 3. The third kappa shape index (κ3) is 3.84. The highest BCUT2D eigenvalue weighted by atomic mass is 19.3. The van der Waals surface area contributed by atoms with Gasteiger partial charge in [-0.2, -0.15) is 8.78 Å². The third-order valence-electron chi connectivity index (χ3n) is 4.43. The van der Waals surface area contributed by atoms with Gasteiger partial charge in [0, 0.05) is 24.3 Å². The molecule has 21 heavy (non-hydrogen) atoms. The van der Waals surface area contributed by atoms with Crippen molar-refractivity contribution in [3.63, 3.8) is 0 Å². The van der Waals surface area contributed by atoms with Crippen LogP contribution in [0.5, 0.6) is 5.75 Å². The van der Waals surface area contributed by atoms with Crippen LogP contribution in [0.15, 0.2) is 24.3 Å². The molecular weight excluding hydrogens is 274 g/mol. The Kier molecular flexibility index (Phi) is 5.39. The molecule has 1 aliphatic rings. The monoisotopic (exact) mass is 298 g/mol. The van der Waals surface area contributed by atoms with Gasteiger partial charge in [-0.1, -0.05) is 13.8 Å². The summed E-state index contributed by atoms with van der Waals surface area (Å²) in [7, 11) is 0. The minimum absolute atomic E-state index is 0.206. The van der Waals surface area contributed by atoms with Gasteiger partial charge in [-0.25, -0.2) is 0 Å². The Morgan fingerprint density at radius 1 is 1.29 bits per heavy atom. The van der Waals surface area contributed by atoms with Crippen LogP contribution >= 0.6 is 0 Å². The summed E-state index contributed by atoms with van der Waals surface area (Å²) in [6.07, 6.45) is 1.09. The molecule has 1 saturated heterocycles. The summed E-state index contributed by atoms with van der Waals surface area (Å²) in [4.78, 5) is 2.34. The van der Waals surface area contributed by atoms with Gasteiger partial charge in [-0.15, -0.1) is 0 Å². The minimum Gasteiger partial charge on any atom is -0.435 e. The Balaban J connectivity index is 2.05. The van der Waals surface area contributed by atoms with Crippen LogP contribution in [0.25, 0.3) is 0 Å². The molecule has 118 valence electrons. The van der Waals surface area contributed by atoms with Crippen LogP contribution in [-0.4, -0.2) is 31.8 Å². The molecule has 1 heterocycles. The quantitative estimate of drug-likeness (QED) is 0.900. The fourth-order valence-corrected chi connectivity index (χ4v) is 3.10. The number of anilines is 1. The lowest BCUT2D eigenvalue weighted by Crippen LogP contribution is -2.53. The zero-order valence-electron chi connectivity index (χ0n) is 12.9.